The van der Waals surface area contributed by atoms with Crippen LogP contribution in [0.3, 0.4) is 0 Å². The van der Waals surface area contributed by atoms with Gasteiger partial charge in [0.25, 0.3) is 0 Å². The molecule has 29 heavy (non-hydrogen) atoms. The molecule has 3 heterocycles. The van der Waals surface area contributed by atoms with Gasteiger partial charge in [0.1, 0.15) is 18.2 Å². The van der Waals surface area contributed by atoms with Gasteiger partial charge in [-0.2, -0.15) is 0 Å². The van der Waals surface area contributed by atoms with Gasteiger partial charge < -0.3 is 4.74 Å². The molecule has 0 bridgehead atoms. The Morgan fingerprint density at radius 3 is 2.62 bits per heavy atom. The van der Waals surface area contributed by atoms with Crippen LogP contribution in [0.5, 0.6) is 5.75 Å². The summed E-state index contributed by atoms with van der Waals surface area (Å²) in [6.07, 6.45) is 1.92. The van der Waals surface area contributed by atoms with Crippen molar-refractivity contribution in [1.29, 1.82) is 0 Å². The number of hydrogen-bond acceptors (Lipinski definition) is 3. The maximum atomic E-state index is 13.9. The Balaban J connectivity index is 1.59. The van der Waals surface area contributed by atoms with E-state index in [0.717, 1.165) is 17.0 Å². The number of thiophene rings is 1. The fraction of sp³-hybridized carbons (Fsp3) is 0.0870. The van der Waals surface area contributed by atoms with Crippen LogP contribution < -0.4 is 4.74 Å². The summed E-state index contributed by atoms with van der Waals surface area (Å²) in [5, 5.41) is 3.30. The standard InChI is InChI=1S/C23H16F2N2OS/c1-14-22(17-13-29-21-10-3-2-6-15(17)21)27-11-5-9-20(23(27)26-14)28-12-16-18(24)7-4-8-19(16)25/h2-11,13H,12H2,1H3. The molecule has 0 aliphatic heterocycles. The molecule has 5 rings (SSSR count). The van der Waals surface area contributed by atoms with Crippen molar-refractivity contribution in [2.24, 2.45) is 0 Å². The van der Waals surface area contributed by atoms with Crippen molar-refractivity contribution in [2.75, 3.05) is 0 Å². The van der Waals surface area contributed by atoms with E-state index in [1.165, 1.54) is 28.3 Å². The summed E-state index contributed by atoms with van der Waals surface area (Å²) in [4.78, 5) is 4.69. The first-order valence-electron chi connectivity index (χ1n) is 9.13. The quantitative estimate of drug-likeness (QED) is 0.346. The van der Waals surface area contributed by atoms with Gasteiger partial charge in [0.15, 0.2) is 11.4 Å². The fourth-order valence-corrected chi connectivity index (χ4v) is 4.52. The van der Waals surface area contributed by atoms with E-state index in [2.05, 4.69) is 22.5 Å². The summed E-state index contributed by atoms with van der Waals surface area (Å²) in [6.45, 7) is 1.75. The molecule has 0 N–H and O–H groups in total. The van der Waals surface area contributed by atoms with Gasteiger partial charge in [-0.15, -0.1) is 11.3 Å². The number of benzene rings is 2. The molecule has 3 aromatic heterocycles. The highest BCUT2D eigenvalue weighted by Crippen LogP contribution is 2.37. The molecule has 3 nitrogen and oxygen atoms in total. The molecule has 0 aliphatic rings. The van der Waals surface area contributed by atoms with E-state index in [1.54, 1.807) is 17.4 Å². The van der Waals surface area contributed by atoms with Crippen LogP contribution in [0, 0.1) is 18.6 Å². The maximum Gasteiger partial charge on any atom is 0.180 e. The van der Waals surface area contributed by atoms with E-state index in [4.69, 9.17) is 4.74 Å². The Morgan fingerprint density at radius 1 is 1.00 bits per heavy atom. The van der Waals surface area contributed by atoms with Crippen LogP contribution in [0.25, 0.3) is 27.0 Å². The van der Waals surface area contributed by atoms with Gasteiger partial charge in [-0.3, -0.25) is 4.40 Å². The van der Waals surface area contributed by atoms with E-state index >= 15 is 0 Å². The van der Waals surface area contributed by atoms with E-state index < -0.39 is 11.6 Å². The first-order chi connectivity index (χ1) is 14.1. The minimum absolute atomic E-state index is 0.0955. The van der Waals surface area contributed by atoms with Crippen molar-refractivity contribution in [3.8, 4) is 17.0 Å². The third kappa shape index (κ3) is 2.96. The van der Waals surface area contributed by atoms with Crippen LogP contribution in [0.4, 0.5) is 8.78 Å². The van der Waals surface area contributed by atoms with Crippen molar-refractivity contribution in [1.82, 2.24) is 9.38 Å². The highest BCUT2D eigenvalue weighted by Gasteiger charge is 2.18. The molecule has 5 aromatic rings. The van der Waals surface area contributed by atoms with Gasteiger partial charge in [-0.05, 0) is 37.3 Å². The summed E-state index contributed by atoms with van der Waals surface area (Å²) in [5.74, 6) is -0.771. The molecule has 0 saturated carbocycles. The molecule has 144 valence electrons. The Labute approximate surface area is 169 Å². The van der Waals surface area contributed by atoms with Crippen LogP contribution in [-0.4, -0.2) is 9.38 Å². The number of fused-ring (bicyclic) bond motifs is 2. The average molecular weight is 406 g/mol. The monoisotopic (exact) mass is 406 g/mol. The van der Waals surface area contributed by atoms with Crippen molar-refractivity contribution < 1.29 is 13.5 Å². The molecule has 2 aromatic carbocycles. The second kappa shape index (κ2) is 6.97. The zero-order valence-corrected chi connectivity index (χ0v) is 16.3. The lowest BCUT2D eigenvalue weighted by Crippen LogP contribution is -2.03. The third-order valence-electron chi connectivity index (χ3n) is 4.96. The van der Waals surface area contributed by atoms with Crippen LogP contribution in [-0.2, 0) is 6.61 Å². The Kier molecular flexibility index (Phi) is 4.28. The second-order valence-electron chi connectivity index (χ2n) is 6.75. The molecule has 0 radical (unpaired) electrons. The summed E-state index contributed by atoms with van der Waals surface area (Å²) in [7, 11) is 0. The Hall–Kier alpha value is -3.25. The van der Waals surface area contributed by atoms with Crippen molar-refractivity contribution in [2.45, 2.75) is 13.5 Å². The highest BCUT2D eigenvalue weighted by atomic mass is 32.1. The lowest BCUT2D eigenvalue weighted by molar-refractivity contribution is 0.294. The normalized spacial score (nSPS) is 11.4. The number of aryl methyl sites for hydroxylation is 1. The van der Waals surface area contributed by atoms with Gasteiger partial charge in [0.05, 0.1) is 17.0 Å². The number of nitrogens with zero attached hydrogens (tertiary/aromatic N) is 2. The van der Waals surface area contributed by atoms with Crippen LogP contribution in [0.2, 0.25) is 0 Å². The average Bonchev–Trinajstić information content (AvgIpc) is 3.28. The summed E-state index contributed by atoms with van der Waals surface area (Å²) < 4.78 is 36.8. The van der Waals surface area contributed by atoms with Gasteiger partial charge in [0.2, 0.25) is 0 Å². The van der Waals surface area contributed by atoms with Gasteiger partial charge in [-0.1, -0.05) is 24.3 Å². The Bertz CT molecular complexity index is 1340. The summed E-state index contributed by atoms with van der Waals surface area (Å²) in [6, 6.07) is 15.6. The van der Waals surface area contributed by atoms with Crippen molar-refractivity contribution in [3.63, 3.8) is 0 Å². The molecule has 0 amide bonds. The minimum Gasteiger partial charge on any atom is -0.485 e. The largest absolute Gasteiger partial charge is 0.485 e. The molecule has 0 atom stereocenters. The van der Waals surface area contributed by atoms with Gasteiger partial charge >= 0.3 is 0 Å². The number of pyridine rings is 1. The molecular weight excluding hydrogens is 390 g/mol. The van der Waals surface area contributed by atoms with E-state index in [-0.39, 0.29) is 12.2 Å². The third-order valence-corrected chi connectivity index (χ3v) is 5.92. The zero-order chi connectivity index (χ0) is 20.0. The molecule has 0 spiro atoms. The first kappa shape index (κ1) is 17.8. The molecule has 0 fully saturated rings. The molecular formula is C23H16F2N2OS. The number of halogens is 2. The lowest BCUT2D eigenvalue weighted by Gasteiger charge is -2.09. The van der Waals surface area contributed by atoms with Gasteiger partial charge in [0, 0.05) is 27.2 Å². The van der Waals surface area contributed by atoms with E-state index in [9.17, 15) is 8.78 Å². The fourth-order valence-electron chi connectivity index (χ4n) is 3.57. The predicted octanol–water partition coefficient (Wildman–Crippen LogP) is 6.38. The highest BCUT2D eigenvalue weighted by molar-refractivity contribution is 7.17. The number of hydrogen-bond donors (Lipinski definition) is 0. The van der Waals surface area contributed by atoms with Crippen LogP contribution >= 0.6 is 11.3 Å². The SMILES string of the molecule is Cc1nc2c(OCc3c(F)cccc3F)cccn2c1-c1csc2ccccc12. The smallest absolute Gasteiger partial charge is 0.180 e. The van der Waals surface area contributed by atoms with Crippen LogP contribution in [0.1, 0.15) is 11.3 Å². The van der Waals surface area contributed by atoms with E-state index in [1.807, 2.05) is 35.7 Å². The Morgan fingerprint density at radius 2 is 1.79 bits per heavy atom. The number of aromatic nitrogens is 2. The second-order valence-corrected chi connectivity index (χ2v) is 7.66. The van der Waals surface area contributed by atoms with E-state index in [0.29, 0.717) is 11.4 Å². The topological polar surface area (TPSA) is 26.5 Å². The van der Waals surface area contributed by atoms with Crippen LogP contribution in [0.15, 0.2) is 66.2 Å². The number of rotatable bonds is 4. The molecule has 0 saturated heterocycles. The summed E-state index contributed by atoms with van der Waals surface area (Å²) >= 11 is 1.69. The lowest BCUT2D eigenvalue weighted by atomic mass is 10.1. The number of imidazole rings is 1. The van der Waals surface area contributed by atoms with Crippen molar-refractivity contribution in [3.05, 3.63) is 89.1 Å². The minimum atomic E-state index is -0.623. The molecule has 6 heteroatoms. The number of ether oxygens (including phenoxy) is 1. The predicted molar refractivity (Wildman–Crippen MR) is 111 cm³/mol. The first-order valence-corrected chi connectivity index (χ1v) is 10.0. The molecule has 0 aliphatic carbocycles. The maximum absolute atomic E-state index is 13.9. The summed E-state index contributed by atoms with van der Waals surface area (Å²) in [5.41, 5.74) is 3.48. The molecule has 0 unspecified atom stereocenters. The van der Waals surface area contributed by atoms with Crippen molar-refractivity contribution >= 4 is 27.1 Å². The zero-order valence-electron chi connectivity index (χ0n) is 15.5. The van der Waals surface area contributed by atoms with Gasteiger partial charge in [-0.25, -0.2) is 13.8 Å².